The van der Waals surface area contributed by atoms with Crippen LogP contribution in [-0.2, 0) is 4.79 Å². The number of fused-ring (bicyclic) bond motifs is 2. The van der Waals surface area contributed by atoms with Crippen molar-refractivity contribution in [3.63, 3.8) is 0 Å². The molecule has 5 aromatic rings. The molecule has 0 aliphatic heterocycles. The number of rotatable bonds is 4. The molecule has 0 radical (unpaired) electrons. The zero-order valence-corrected chi connectivity index (χ0v) is 17.9. The highest BCUT2D eigenvalue weighted by atomic mass is 35.5. The molecule has 0 amide bonds. The third-order valence-electron chi connectivity index (χ3n) is 6.30. The summed E-state index contributed by atoms with van der Waals surface area (Å²) in [5.41, 5.74) is 5.44. The van der Waals surface area contributed by atoms with Crippen LogP contribution in [0.25, 0.3) is 38.9 Å². The molecule has 1 aliphatic rings. The van der Waals surface area contributed by atoms with Crippen molar-refractivity contribution in [2.24, 2.45) is 5.92 Å². The second kappa shape index (κ2) is 7.53. The highest BCUT2D eigenvalue weighted by Crippen LogP contribution is 2.42. The van der Waals surface area contributed by atoms with Crippen LogP contribution in [0.4, 0.5) is 0 Å². The van der Waals surface area contributed by atoms with E-state index in [4.69, 9.17) is 21.6 Å². The van der Waals surface area contributed by atoms with E-state index < -0.39 is 0 Å². The number of aldehydes is 1. The number of imidazole rings is 1. The van der Waals surface area contributed by atoms with Gasteiger partial charge in [0.05, 0.1) is 16.9 Å². The van der Waals surface area contributed by atoms with Crippen LogP contribution in [0.3, 0.4) is 0 Å². The quantitative estimate of drug-likeness (QED) is 0.325. The Hall–Kier alpha value is -3.57. The van der Waals surface area contributed by atoms with Crippen molar-refractivity contribution in [2.75, 3.05) is 0 Å². The molecule has 2 aromatic carbocycles. The van der Waals surface area contributed by atoms with Gasteiger partial charge in [-0.25, -0.2) is 15.0 Å². The van der Waals surface area contributed by atoms with Gasteiger partial charge in [0.1, 0.15) is 17.6 Å². The maximum atomic E-state index is 11.1. The molecule has 3 aromatic heterocycles. The lowest BCUT2D eigenvalue weighted by Gasteiger charge is -2.30. The van der Waals surface area contributed by atoms with Crippen molar-refractivity contribution >= 4 is 34.3 Å². The van der Waals surface area contributed by atoms with Crippen LogP contribution in [0, 0.1) is 5.92 Å². The van der Waals surface area contributed by atoms with E-state index >= 15 is 0 Å². The first-order chi connectivity index (χ1) is 15.7. The summed E-state index contributed by atoms with van der Waals surface area (Å²) >= 11 is 6.53. The molecule has 156 valence electrons. The fourth-order valence-electron chi connectivity index (χ4n) is 4.53. The van der Waals surface area contributed by atoms with Gasteiger partial charge in [0.15, 0.2) is 5.15 Å². The summed E-state index contributed by atoms with van der Waals surface area (Å²) in [5, 5.41) is 1.48. The predicted octanol–water partition coefficient (Wildman–Crippen LogP) is 5.96. The van der Waals surface area contributed by atoms with Gasteiger partial charge in [-0.2, -0.15) is 0 Å². The molecule has 0 N–H and O–H groups in total. The van der Waals surface area contributed by atoms with Crippen molar-refractivity contribution in [3.8, 4) is 22.5 Å². The third kappa shape index (κ3) is 3.09. The number of carbonyl (C=O) groups is 1. The maximum absolute atomic E-state index is 11.1. The van der Waals surface area contributed by atoms with Crippen molar-refractivity contribution in [1.82, 2.24) is 19.4 Å². The summed E-state index contributed by atoms with van der Waals surface area (Å²) in [6.45, 7) is 0. The number of hydrogen-bond donors (Lipinski definition) is 0. The monoisotopic (exact) mass is 438 g/mol. The van der Waals surface area contributed by atoms with E-state index in [9.17, 15) is 4.79 Å². The van der Waals surface area contributed by atoms with Crippen LogP contribution < -0.4 is 0 Å². The van der Waals surface area contributed by atoms with Crippen LogP contribution in [-0.4, -0.2) is 25.6 Å². The van der Waals surface area contributed by atoms with Crippen LogP contribution in [0.2, 0.25) is 5.15 Å². The zero-order valence-electron chi connectivity index (χ0n) is 17.1. The minimum absolute atomic E-state index is 0.120. The number of hydrogen-bond acceptors (Lipinski definition) is 4. The van der Waals surface area contributed by atoms with E-state index in [-0.39, 0.29) is 11.8 Å². The van der Waals surface area contributed by atoms with Crippen LogP contribution in [0.15, 0.2) is 73.1 Å². The van der Waals surface area contributed by atoms with Gasteiger partial charge in [-0.3, -0.25) is 4.40 Å². The molecule has 0 bridgehead atoms. The summed E-state index contributed by atoms with van der Waals surface area (Å²) < 4.78 is 2.02. The molecule has 1 saturated carbocycles. The zero-order chi connectivity index (χ0) is 21.7. The van der Waals surface area contributed by atoms with E-state index in [1.165, 1.54) is 0 Å². The Bertz CT molecular complexity index is 1470. The molecule has 0 spiro atoms. The summed E-state index contributed by atoms with van der Waals surface area (Å²) in [4.78, 5) is 25.3. The Morgan fingerprint density at radius 1 is 0.969 bits per heavy atom. The molecule has 0 unspecified atom stereocenters. The Balaban J connectivity index is 1.49. The fraction of sp³-hybridized carbons (Fsp3) is 0.154. The first-order valence-electron chi connectivity index (χ1n) is 10.7. The van der Waals surface area contributed by atoms with Crippen molar-refractivity contribution in [2.45, 2.75) is 18.8 Å². The fourth-order valence-corrected chi connectivity index (χ4v) is 4.77. The van der Waals surface area contributed by atoms with Gasteiger partial charge < -0.3 is 4.79 Å². The van der Waals surface area contributed by atoms with E-state index in [1.807, 2.05) is 34.9 Å². The van der Waals surface area contributed by atoms with Gasteiger partial charge >= 0.3 is 0 Å². The molecule has 6 rings (SSSR count). The third-order valence-corrected chi connectivity index (χ3v) is 6.58. The van der Waals surface area contributed by atoms with Crippen molar-refractivity contribution in [3.05, 3.63) is 84.0 Å². The Labute approximate surface area is 189 Å². The number of benzene rings is 2. The molecule has 0 atom stereocenters. The number of nitrogens with zero attached hydrogens (tertiary/aromatic N) is 4. The Morgan fingerprint density at radius 3 is 2.59 bits per heavy atom. The molecule has 32 heavy (non-hydrogen) atoms. The lowest BCUT2D eigenvalue weighted by atomic mass is 9.75. The first kappa shape index (κ1) is 19.1. The lowest BCUT2D eigenvalue weighted by molar-refractivity contribution is -0.113. The Morgan fingerprint density at radius 2 is 1.78 bits per heavy atom. The number of aromatic nitrogens is 4. The largest absolute Gasteiger partial charge is 0.303 e. The SMILES string of the molecule is O=CC1CC(c2nc(-c3ccc4ccc(-c5ccccc5)nc4c3)c3c(Cl)nccn23)C1. The van der Waals surface area contributed by atoms with E-state index in [0.29, 0.717) is 5.15 Å². The van der Waals surface area contributed by atoms with E-state index in [1.54, 1.807) is 6.20 Å². The van der Waals surface area contributed by atoms with Crippen molar-refractivity contribution in [1.29, 1.82) is 0 Å². The number of carbonyl (C=O) groups excluding carboxylic acids is 1. The standard InChI is InChI=1S/C26H19ClN4O/c27-25-24-23(30-26(31(24)11-10-28-25)20-12-16(13-20)15-32)19-7-6-18-8-9-21(29-22(18)14-19)17-4-2-1-3-5-17/h1-11,14-16,20H,12-13H2. The van der Waals surface area contributed by atoms with Gasteiger partial charge in [-0.15, -0.1) is 0 Å². The molecular formula is C26H19ClN4O. The van der Waals surface area contributed by atoms with E-state index in [2.05, 4.69) is 41.4 Å². The van der Waals surface area contributed by atoms with Crippen LogP contribution >= 0.6 is 11.6 Å². The van der Waals surface area contributed by atoms with Crippen molar-refractivity contribution < 1.29 is 4.79 Å². The van der Waals surface area contributed by atoms with Gasteiger partial charge in [0, 0.05) is 40.7 Å². The van der Waals surface area contributed by atoms with Crippen LogP contribution in [0.5, 0.6) is 0 Å². The normalized spacial score (nSPS) is 18.0. The second-order valence-electron chi connectivity index (χ2n) is 8.29. The van der Waals surface area contributed by atoms with Gasteiger partial charge in [0.2, 0.25) is 0 Å². The van der Waals surface area contributed by atoms with Crippen LogP contribution in [0.1, 0.15) is 24.6 Å². The highest BCUT2D eigenvalue weighted by molar-refractivity contribution is 6.33. The van der Waals surface area contributed by atoms with E-state index in [0.717, 1.165) is 63.9 Å². The summed E-state index contributed by atoms with van der Waals surface area (Å²) in [6.07, 6.45) is 6.27. The number of pyridine rings is 1. The highest BCUT2D eigenvalue weighted by Gasteiger charge is 2.34. The molecule has 1 aliphatic carbocycles. The summed E-state index contributed by atoms with van der Waals surface area (Å²) in [6, 6.07) is 20.5. The summed E-state index contributed by atoms with van der Waals surface area (Å²) in [7, 11) is 0. The number of halogens is 1. The lowest BCUT2D eigenvalue weighted by Crippen LogP contribution is -2.24. The molecule has 3 heterocycles. The molecular weight excluding hydrogens is 420 g/mol. The van der Waals surface area contributed by atoms with Gasteiger partial charge in [-0.1, -0.05) is 60.1 Å². The minimum Gasteiger partial charge on any atom is -0.303 e. The second-order valence-corrected chi connectivity index (χ2v) is 8.65. The average Bonchev–Trinajstić information content (AvgIpc) is 3.19. The summed E-state index contributed by atoms with van der Waals surface area (Å²) in [5.74, 6) is 1.30. The molecule has 0 saturated heterocycles. The van der Waals surface area contributed by atoms with Gasteiger partial charge in [-0.05, 0) is 25.0 Å². The smallest absolute Gasteiger partial charge is 0.155 e. The predicted molar refractivity (Wildman–Crippen MR) is 126 cm³/mol. The molecule has 6 heteroatoms. The average molecular weight is 439 g/mol. The maximum Gasteiger partial charge on any atom is 0.155 e. The first-order valence-corrected chi connectivity index (χ1v) is 11.0. The Kier molecular flexibility index (Phi) is 4.51. The molecule has 1 fully saturated rings. The molecule has 5 nitrogen and oxygen atoms in total. The minimum atomic E-state index is 0.120. The van der Waals surface area contributed by atoms with Gasteiger partial charge in [0.25, 0.3) is 0 Å². The topological polar surface area (TPSA) is 60.2 Å².